The van der Waals surface area contributed by atoms with Gasteiger partial charge in [0, 0.05) is 72.6 Å². The van der Waals surface area contributed by atoms with Crippen molar-refractivity contribution in [2.75, 3.05) is 51.8 Å². The van der Waals surface area contributed by atoms with Gasteiger partial charge in [0.25, 0.3) is 5.91 Å². The van der Waals surface area contributed by atoms with Gasteiger partial charge < -0.3 is 173 Å². The number of primary amides is 1. The number of nitrogens with zero attached hydrogens (tertiary/aromatic N) is 1. The first-order valence-corrected chi connectivity index (χ1v) is 45.1. The van der Waals surface area contributed by atoms with Crippen molar-refractivity contribution in [1.82, 2.24) is 47.4 Å². The lowest BCUT2D eigenvalue weighted by atomic mass is 9.86. The first-order valence-electron chi connectivity index (χ1n) is 44.3. The SMILES string of the molecule is CN[C@H](CC(C)C)C(=O)NC1C(=O)NC(CC(N)=O)C(=O)N[C@H]2C(=O)NC3C(=O)N[C@H](C(=O)NC(C(=O)O)c4cc(O)c(CN(CCO)CCO)c(O)c4-c4cc3ccc4O)[C@H](O[C@H]3C[C@](C)(N)[C@@H](O)[C@H](C)O3)c3ccc(c(Cl)c3)Oc3cc2cc(c3O[C@@H]2O[C@H](CO)[C@@H](O[C@@H]3O[C@H](CNCc4cccc(NC(=O)c5cccc(OC(F)(F)F)c5)c4)[C@H](O)[C@H](O)[C@H]3O)[C@H](O)[C@H]2O)Oc2ccc(cc2Cl)[C@H]1O. The number of nitrogens with two attached hydrogens (primary N) is 2. The van der Waals surface area contributed by atoms with Gasteiger partial charge in [0.05, 0.1) is 60.1 Å². The highest BCUT2D eigenvalue weighted by Gasteiger charge is 2.54. The topological polar surface area (TPSA) is 683 Å². The molecule has 4 unspecified atom stereocenters. The van der Waals surface area contributed by atoms with Crippen LogP contribution in [0.4, 0.5) is 18.9 Å². The lowest BCUT2D eigenvalue weighted by molar-refractivity contribution is -0.350. The molecule has 8 aliphatic heterocycles. The normalized spacial score (nSPS) is 27.8. The Morgan fingerprint density at radius 3 is 1.93 bits per heavy atom. The molecule has 141 heavy (non-hydrogen) atoms. The summed E-state index contributed by atoms with van der Waals surface area (Å²) in [5, 5.41) is 185. The number of carbonyl (C=O) groups excluding carboxylic acids is 8. The number of phenolic OH excluding ortho intramolecular Hbond substituents is 3. The van der Waals surface area contributed by atoms with Gasteiger partial charge in [-0.3, -0.25) is 43.3 Å². The van der Waals surface area contributed by atoms with Crippen molar-refractivity contribution in [3.63, 3.8) is 0 Å². The summed E-state index contributed by atoms with van der Waals surface area (Å²) in [5.74, 6) is -19.2. The van der Waals surface area contributed by atoms with Crippen LogP contribution in [0.5, 0.6) is 51.7 Å². The summed E-state index contributed by atoms with van der Waals surface area (Å²) in [6, 6.07) is 7.57. The smallest absolute Gasteiger partial charge is 0.507 e. The highest BCUT2D eigenvalue weighted by molar-refractivity contribution is 6.32. The van der Waals surface area contributed by atoms with Gasteiger partial charge in [0.1, 0.15) is 126 Å². The van der Waals surface area contributed by atoms with Crippen molar-refractivity contribution >= 4 is 82.1 Å². The van der Waals surface area contributed by atoms with E-state index in [0.29, 0.717) is 5.56 Å². The summed E-state index contributed by atoms with van der Waals surface area (Å²) in [7, 11) is 1.44. The maximum atomic E-state index is 16.7. The number of benzene rings is 7. The number of rotatable bonds is 28. The fourth-order valence-corrected chi connectivity index (χ4v) is 17.6. The number of aliphatic carboxylic acids is 1. The summed E-state index contributed by atoms with van der Waals surface area (Å²) in [6.45, 7) is 2.79. The van der Waals surface area contributed by atoms with E-state index >= 15 is 24.0 Å². The van der Waals surface area contributed by atoms with Crippen molar-refractivity contribution in [2.45, 2.75) is 206 Å². The first-order chi connectivity index (χ1) is 66.7. The van der Waals surface area contributed by atoms with E-state index in [9.17, 15) is 104 Å². The zero-order chi connectivity index (χ0) is 102. The van der Waals surface area contributed by atoms with Crippen molar-refractivity contribution in [3.05, 3.63) is 176 Å². The number of carboxylic acid groups (broad SMARTS) is 1. The van der Waals surface area contributed by atoms with E-state index in [1.165, 1.54) is 62.2 Å². The molecule has 7 aromatic rings. The molecule has 0 aromatic heterocycles. The van der Waals surface area contributed by atoms with Crippen molar-refractivity contribution < 1.29 is 170 Å². The molecule has 762 valence electrons. The number of carboxylic acids is 1. The van der Waals surface area contributed by atoms with Crippen LogP contribution in [-0.2, 0) is 75.1 Å². The molecule has 27 N–H and O–H groups in total. The predicted octanol–water partition coefficient (Wildman–Crippen LogP) is 0.665. The van der Waals surface area contributed by atoms with Crippen LogP contribution in [0.1, 0.15) is 127 Å². The van der Waals surface area contributed by atoms with Crippen molar-refractivity contribution in [2.24, 2.45) is 17.4 Å². The largest absolute Gasteiger partial charge is 0.573 e. The number of likely N-dealkylation sites (N-methyl/N-ethyl adjacent to an activating group) is 1. The average Bonchev–Trinajstić information content (AvgIpc) is 0.753. The fourth-order valence-electron chi connectivity index (χ4n) is 17.2. The number of hydrogen-bond donors (Lipinski definition) is 25. The number of phenols is 3. The van der Waals surface area contributed by atoms with Crippen LogP contribution in [-0.4, -0.2) is 292 Å². The Kier molecular flexibility index (Phi) is 34.0. The minimum absolute atomic E-state index is 0.0660. The Hall–Kier alpha value is -12.0. The van der Waals surface area contributed by atoms with Crippen LogP contribution in [0.2, 0.25) is 10.0 Å². The zero-order valence-electron chi connectivity index (χ0n) is 75.7. The van der Waals surface area contributed by atoms with Gasteiger partial charge in [0.2, 0.25) is 53.4 Å². The van der Waals surface area contributed by atoms with Crippen molar-refractivity contribution in [3.8, 4) is 62.9 Å². The molecule has 0 saturated carbocycles. The van der Waals surface area contributed by atoms with Crippen LogP contribution in [0.25, 0.3) is 11.1 Å². The molecule has 15 rings (SSSR count). The van der Waals surface area contributed by atoms with Crippen LogP contribution < -0.4 is 78.3 Å². The minimum Gasteiger partial charge on any atom is -0.507 e. The molecule has 3 saturated heterocycles. The molecule has 0 aliphatic carbocycles. The summed E-state index contributed by atoms with van der Waals surface area (Å²) in [6.07, 6.45) is -35.8. The summed E-state index contributed by atoms with van der Waals surface area (Å²) in [5.41, 5.74) is 7.48. The number of ether oxygens (including phenoxy) is 9. The number of anilines is 1. The zero-order valence-corrected chi connectivity index (χ0v) is 77.2. The molecule has 11 bridgehead atoms. The van der Waals surface area contributed by atoms with E-state index in [1.807, 2.05) is 0 Å². The monoisotopic (exact) mass is 2020 g/mol. The Balaban J connectivity index is 0.949. The van der Waals surface area contributed by atoms with Crippen molar-refractivity contribution in [1.29, 1.82) is 0 Å². The molecule has 7 aromatic carbocycles. The third-order valence-electron chi connectivity index (χ3n) is 24.4. The second-order valence-corrected chi connectivity index (χ2v) is 36.0. The average molecular weight is 2020 g/mol. The van der Waals surface area contributed by atoms with Gasteiger partial charge in [-0.15, -0.1) is 13.2 Å². The number of nitrogens with one attached hydrogen (secondary N) is 9. The quantitative estimate of drug-likeness (QED) is 0.0320. The highest BCUT2D eigenvalue weighted by atomic mass is 35.5. The number of fused-ring (bicyclic) bond motifs is 15. The first kappa shape index (κ1) is 106. The summed E-state index contributed by atoms with van der Waals surface area (Å²) >= 11 is 14.6. The van der Waals surface area contributed by atoms with Gasteiger partial charge in [-0.05, 0) is 146 Å². The Morgan fingerprint density at radius 2 is 1.30 bits per heavy atom. The van der Waals surface area contributed by atoms with E-state index in [0.717, 1.165) is 78.9 Å². The fraction of sp³-hybridized carbons (Fsp3) is 0.446. The van der Waals surface area contributed by atoms with E-state index < -0.39 is 334 Å². The van der Waals surface area contributed by atoms with Gasteiger partial charge in [-0.25, -0.2) is 4.79 Å². The molecular formula is C92H107Cl2F3N12O32. The predicted molar refractivity (Wildman–Crippen MR) is 484 cm³/mol. The number of alkyl halides is 3. The number of halogens is 5. The molecule has 44 nitrogen and oxygen atoms in total. The van der Waals surface area contributed by atoms with E-state index in [4.69, 9.17) is 72.6 Å². The standard InChI is InChI=1S/C92H107Cl2F3N12O32/c1-37(2)22-52(100-5)82(125)107-68-70(116)41-13-16-56(50(93)26-41)134-58-28-44-29-59(78(58)139-90-76(122)74(120)79(61(36-112)137-90)140-89-75(121)73(119)72(118)60(136-89)34-101-33-39-8-6-10-45(23-39)102-81(124)43-9-7-11-46(24-43)141-92(95,96)97)135-57-17-14-42(27-51(57)94)77(138-63-32-91(4,99)80(123)38(3)133-63)69-87(130)106-67(88(131)132)48-30-55(114)49(35-109(18-20-110)19-21-111)71(117)64(48)47-25-40(12-15-54(47)113)65(84(127)108-69)105-85(128)66(44)104-83(126)53(31-62(98)115)103-86(68)129/h6-17,23-30,37-38,52-53,60-61,63,65-70,72-77,79-80,89-90,100-101,110-114,116-123H,18-22,31-36,99H2,1-5H3,(H2,98,115)(H,102,124)(H,103,129)(H,104,126)(H,105,128)(H,106,130)(H,107,125)(H,108,127)(H,131,132)/t38-,52+,53?,60+,61+,63-,65?,66+,67?,68?,69-,70+,72-,73-,74+,75+,76+,77+,79+,80-,89-,90-,91-/m0/s1. The number of aliphatic hydroxyl groups excluding tert-OH is 10. The minimum atomic E-state index is -5.04. The maximum Gasteiger partial charge on any atom is 0.573 e. The van der Waals surface area contributed by atoms with Crippen LogP contribution >= 0.6 is 23.2 Å². The molecule has 3 fully saturated rings. The third-order valence-corrected chi connectivity index (χ3v) is 25.0. The van der Waals surface area contributed by atoms with Crippen LogP contribution in [0.3, 0.4) is 0 Å². The van der Waals surface area contributed by atoms with Gasteiger partial charge in [-0.1, -0.05) is 73.4 Å². The molecule has 8 aliphatic rings. The molecule has 0 spiro atoms. The molecule has 8 amide bonds. The third kappa shape index (κ3) is 24.7. The molecular weight excluding hydrogens is 1910 g/mol. The van der Waals surface area contributed by atoms with Crippen LogP contribution in [0, 0.1) is 5.92 Å². The number of carbonyl (C=O) groups is 9. The van der Waals surface area contributed by atoms with Crippen LogP contribution in [0.15, 0.2) is 121 Å². The molecule has 23 atom stereocenters. The van der Waals surface area contributed by atoms with E-state index in [-0.39, 0.29) is 60.9 Å². The highest BCUT2D eigenvalue weighted by Crippen LogP contribution is 2.52. The Bertz CT molecular complexity index is 5790. The Labute approximate surface area is 810 Å². The molecule has 0 radical (unpaired) electrons. The Morgan fingerprint density at radius 1 is 0.667 bits per heavy atom. The van der Waals surface area contributed by atoms with E-state index in [2.05, 4.69) is 52.6 Å². The summed E-state index contributed by atoms with van der Waals surface area (Å²) < 4.78 is 94.3. The van der Waals surface area contributed by atoms with E-state index in [1.54, 1.807) is 19.9 Å². The lowest BCUT2D eigenvalue weighted by Gasteiger charge is -2.46. The van der Waals surface area contributed by atoms with Gasteiger partial charge in [0.15, 0.2) is 30.1 Å². The number of aromatic hydroxyl groups is 3. The maximum absolute atomic E-state index is 16.7. The van der Waals surface area contributed by atoms with Gasteiger partial charge in [-0.2, -0.15) is 0 Å². The number of amides is 8. The van der Waals surface area contributed by atoms with Gasteiger partial charge >= 0.3 is 12.3 Å². The summed E-state index contributed by atoms with van der Waals surface area (Å²) in [4.78, 5) is 136. The molecule has 8 heterocycles. The molecule has 49 heteroatoms. The number of hydrogen-bond acceptors (Lipinski definition) is 35. The second kappa shape index (κ2) is 45.1. The number of aliphatic hydroxyl groups is 10. The lowest BCUT2D eigenvalue weighted by Crippen LogP contribution is -2.65. The second-order valence-electron chi connectivity index (χ2n) is 35.2.